The molecule has 2 rings (SSSR count). The fraction of sp³-hybridized carbons (Fsp3) is 0.647. The van der Waals surface area contributed by atoms with Crippen LogP contribution >= 0.6 is 0 Å². The van der Waals surface area contributed by atoms with Crippen LogP contribution in [-0.2, 0) is 0 Å². The highest BCUT2D eigenvalue weighted by Crippen LogP contribution is 2.28. The zero-order chi connectivity index (χ0) is 15.2. The highest BCUT2D eigenvalue weighted by molar-refractivity contribution is 5.62. The zero-order valence-corrected chi connectivity index (χ0v) is 13.6. The fourth-order valence-corrected chi connectivity index (χ4v) is 2.76. The van der Waals surface area contributed by atoms with Crippen LogP contribution in [0.25, 0.3) is 0 Å². The van der Waals surface area contributed by atoms with Gasteiger partial charge >= 0.3 is 0 Å². The summed E-state index contributed by atoms with van der Waals surface area (Å²) in [6.07, 6.45) is 0.998. The molecule has 0 aliphatic carbocycles. The number of anilines is 2. The number of piperazine rings is 1. The molecule has 0 radical (unpaired) electrons. The number of hydrogen-bond donors (Lipinski definition) is 1. The van der Waals surface area contributed by atoms with Crippen LogP contribution in [0.4, 0.5) is 11.4 Å². The van der Waals surface area contributed by atoms with E-state index in [-0.39, 0.29) is 0 Å². The Hall–Kier alpha value is -1.42. The van der Waals surface area contributed by atoms with Crippen molar-refractivity contribution in [1.29, 1.82) is 0 Å². The summed E-state index contributed by atoms with van der Waals surface area (Å²) in [7, 11) is 0. The van der Waals surface area contributed by atoms with Crippen LogP contribution in [-0.4, -0.2) is 44.2 Å². The first-order valence-electron chi connectivity index (χ1n) is 8.09. The van der Waals surface area contributed by atoms with Crippen molar-refractivity contribution >= 4 is 11.4 Å². The fourth-order valence-electron chi connectivity index (χ4n) is 2.76. The van der Waals surface area contributed by atoms with Gasteiger partial charge in [0.25, 0.3) is 0 Å². The van der Waals surface area contributed by atoms with E-state index in [2.05, 4.69) is 42.7 Å². The van der Waals surface area contributed by atoms with Crippen LogP contribution in [0.2, 0.25) is 0 Å². The molecule has 4 heteroatoms. The van der Waals surface area contributed by atoms with Crippen molar-refractivity contribution in [3.8, 4) is 5.75 Å². The molecule has 1 saturated heterocycles. The summed E-state index contributed by atoms with van der Waals surface area (Å²) in [6, 6.07) is 6.15. The second-order valence-corrected chi connectivity index (χ2v) is 6.25. The van der Waals surface area contributed by atoms with E-state index in [0.29, 0.717) is 0 Å². The Bertz CT molecular complexity index is 440. The predicted octanol–water partition coefficient (Wildman–Crippen LogP) is 2.84. The molecule has 2 N–H and O–H groups in total. The molecule has 0 saturated carbocycles. The number of hydrogen-bond acceptors (Lipinski definition) is 4. The molecular formula is C17H29N3O. The second-order valence-electron chi connectivity index (χ2n) is 6.25. The maximum absolute atomic E-state index is 5.98. The molecule has 0 atom stereocenters. The van der Waals surface area contributed by atoms with Gasteiger partial charge in [-0.05, 0) is 24.5 Å². The highest BCUT2D eigenvalue weighted by Gasteiger charge is 2.18. The summed E-state index contributed by atoms with van der Waals surface area (Å²) < 4.78 is 5.73. The van der Waals surface area contributed by atoms with E-state index in [4.69, 9.17) is 10.5 Å². The maximum atomic E-state index is 5.98. The number of ether oxygens (including phenoxy) is 1. The van der Waals surface area contributed by atoms with Gasteiger partial charge in [-0.25, -0.2) is 0 Å². The van der Waals surface area contributed by atoms with Gasteiger partial charge in [-0.2, -0.15) is 0 Å². The lowest BCUT2D eigenvalue weighted by atomic mass is 10.1. The van der Waals surface area contributed by atoms with Gasteiger partial charge in [0, 0.05) is 44.5 Å². The molecule has 0 amide bonds. The summed E-state index contributed by atoms with van der Waals surface area (Å²) in [6.45, 7) is 13.0. The molecule has 21 heavy (non-hydrogen) atoms. The number of benzene rings is 1. The largest absolute Gasteiger partial charge is 0.491 e. The summed E-state index contributed by atoms with van der Waals surface area (Å²) in [5, 5.41) is 0. The van der Waals surface area contributed by atoms with Crippen LogP contribution in [0.5, 0.6) is 5.75 Å². The Labute approximate surface area is 128 Å². The molecule has 1 fully saturated rings. The molecule has 1 aromatic rings. The van der Waals surface area contributed by atoms with Crippen molar-refractivity contribution in [1.82, 2.24) is 4.90 Å². The van der Waals surface area contributed by atoms with Crippen molar-refractivity contribution in [2.45, 2.75) is 27.2 Å². The van der Waals surface area contributed by atoms with Crippen LogP contribution in [0.3, 0.4) is 0 Å². The number of nitrogens with two attached hydrogens (primary N) is 1. The van der Waals surface area contributed by atoms with E-state index in [1.807, 2.05) is 6.07 Å². The van der Waals surface area contributed by atoms with Crippen molar-refractivity contribution < 1.29 is 4.74 Å². The molecule has 0 bridgehead atoms. The second kappa shape index (κ2) is 7.55. The quantitative estimate of drug-likeness (QED) is 0.818. The normalized spacial score (nSPS) is 16.5. The van der Waals surface area contributed by atoms with Crippen LogP contribution in [0.1, 0.15) is 27.2 Å². The molecule has 0 spiro atoms. The first-order chi connectivity index (χ1) is 10.1. The minimum absolute atomic E-state index is 0.718. The minimum atomic E-state index is 0.718. The van der Waals surface area contributed by atoms with E-state index in [0.717, 1.165) is 56.6 Å². The van der Waals surface area contributed by atoms with Crippen molar-refractivity contribution in [2.24, 2.45) is 5.92 Å². The standard InChI is InChI=1S/C17H29N3O/c1-4-11-21-17-12-15(5-6-16(17)18)20-9-7-19(8-10-20)13-14(2)3/h5-6,12,14H,4,7-11,13,18H2,1-3H3. The SMILES string of the molecule is CCCOc1cc(N2CCN(CC(C)C)CC2)ccc1N. The summed E-state index contributed by atoms with van der Waals surface area (Å²) in [5.41, 5.74) is 7.93. The maximum Gasteiger partial charge on any atom is 0.144 e. The Kier molecular flexibility index (Phi) is 5.74. The van der Waals surface area contributed by atoms with E-state index in [1.165, 1.54) is 12.2 Å². The molecule has 1 aliphatic heterocycles. The van der Waals surface area contributed by atoms with Gasteiger partial charge < -0.3 is 15.4 Å². The topological polar surface area (TPSA) is 41.7 Å². The van der Waals surface area contributed by atoms with Gasteiger partial charge in [-0.3, -0.25) is 4.90 Å². The zero-order valence-electron chi connectivity index (χ0n) is 13.6. The highest BCUT2D eigenvalue weighted by atomic mass is 16.5. The molecule has 4 nitrogen and oxygen atoms in total. The lowest BCUT2D eigenvalue weighted by molar-refractivity contribution is 0.231. The predicted molar refractivity (Wildman–Crippen MR) is 90.1 cm³/mol. The van der Waals surface area contributed by atoms with Gasteiger partial charge in [-0.1, -0.05) is 20.8 Å². The molecule has 1 aliphatic rings. The van der Waals surface area contributed by atoms with Gasteiger partial charge in [0.2, 0.25) is 0 Å². The molecule has 1 aromatic carbocycles. The Morgan fingerprint density at radius 1 is 1.19 bits per heavy atom. The monoisotopic (exact) mass is 291 g/mol. The molecule has 118 valence electrons. The van der Waals surface area contributed by atoms with Crippen LogP contribution in [0.15, 0.2) is 18.2 Å². The van der Waals surface area contributed by atoms with Crippen molar-refractivity contribution in [2.75, 3.05) is 50.0 Å². The number of nitrogen functional groups attached to an aromatic ring is 1. The molecule has 0 unspecified atom stereocenters. The summed E-state index contributed by atoms with van der Waals surface area (Å²) in [4.78, 5) is 4.97. The smallest absolute Gasteiger partial charge is 0.144 e. The van der Waals surface area contributed by atoms with E-state index in [9.17, 15) is 0 Å². The Morgan fingerprint density at radius 3 is 2.52 bits per heavy atom. The van der Waals surface area contributed by atoms with E-state index in [1.54, 1.807) is 0 Å². The minimum Gasteiger partial charge on any atom is -0.491 e. The lowest BCUT2D eigenvalue weighted by Gasteiger charge is -2.37. The average molecular weight is 291 g/mol. The number of rotatable bonds is 6. The van der Waals surface area contributed by atoms with E-state index < -0.39 is 0 Å². The Morgan fingerprint density at radius 2 is 1.90 bits per heavy atom. The summed E-state index contributed by atoms with van der Waals surface area (Å²) in [5.74, 6) is 1.56. The van der Waals surface area contributed by atoms with Gasteiger partial charge in [-0.15, -0.1) is 0 Å². The lowest BCUT2D eigenvalue weighted by Crippen LogP contribution is -2.47. The third-order valence-corrected chi connectivity index (χ3v) is 3.82. The Balaban J connectivity index is 1.96. The molecular weight excluding hydrogens is 262 g/mol. The first kappa shape index (κ1) is 16.0. The summed E-state index contributed by atoms with van der Waals surface area (Å²) >= 11 is 0. The van der Waals surface area contributed by atoms with Gasteiger partial charge in [0.15, 0.2) is 0 Å². The molecule has 0 aromatic heterocycles. The average Bonchev–Trinajstić information content (AvgIpc) is 2.47. The third-order valence-electron chi connectivity index (χ3n) is 3.82. The van der Waals surface area contributed by atoms with Crippen LogP contribution < -0.4 is 15.4 Å². The van der Waals surface area contributed by atoms with Crippen LogP contribution in [0, 0.1) is 5.92 Å². The van der Waals surface area contributed by atoms with Gasteiger partial charge in [0.05, 0.1) is 12.3 Å². The molecule has 1 heterocycles. The third kappa shape index (κ3) is 4.53. The van der Waals surface area contributed by atoms with Gasteiger partial charge in [0.1, 0.15) is 5.75 Å². The first-order valence-corrected chi connectivity index (χ1v) is 8.09. The number of nitrogens with zero attached hydrogens (tertiary/aromatic N) is 2. The van der Waals surface area contributed by atoms with Crippen molar-refractivity contribution in [3.05, 3.63) is 18.2 Å². The van der Waals surface area contributed by atoms with Crippen molar-refractivity contribution in [3.63, 3.8) is 0 Å². The van der Waals surface area contributed by atoms with E-state index >= 15 is 0 Å².